The molecule has 2 aliphatic carbocycles. The summed E-state index contributed by atoms with van der Waals surface area (Å²) in [6, 6.07) is 2.89. The molecule has 2 N–H and O–H groups in total. The van der Waals surface area contributed by atoms with Gasteiger partial charge in [-0.25, -0.2) is 0 Å². The number of nitrogens with zero attached hydrogens (tertiary/aromatic N) is 2. The molecular formula is C17H29N3. The minimum atomic E-state index is 0.337. The predicted molar refractivity (Wildman–Crippen MR) is 82.6 cm³/mol. The first kappa shape index (κ1) is 14.1. The van der Waals surface area contributed by atoms with Crippen LogP contribution in [-0.4, -0.2) is 16.3 Å². The first-order valence-electron chi connectivity index (χ1n) is 8.55. The molecule has 0 aromatic carbocycles. The van der Waals surface area contributed by atoms with Gasteiger partial charge in [-0.3, -0.25) is 4.68 Å². The molecule has 1 aromatic heterocycles. The Morgan fingerprint density at radius 2 is 1.80 bits per heavy atom. The predicted octanol–water partition coefficient (Wildman–Crippen LogP) is 3.84. The maximum atomic E-state index is 6.10. The molecule has 0 amide bonds. The maximum Gasteiger partial charge on any atom is 0.0630 e. The van der Waals surface area contributed by atoms with Crippen LogP contribution in [0, 0.1) is 5.41 Å². The van der Waals surface area contributed by atoms with Gasteiger partial charge in [0.05, 0.1) is 11.7 Å². The summed E-state index contributed by atoms with van der Waals surface area (Å²) >= 11 is 0. The molecule has 3 rings (SSSR count). The molecule has 0 bridgehead atoms. The van der Waals surface area contributed by atoms with Crippen LogP contribution in [0.4, 0.5) is 0 Å². The van der Waals surface area contributed by atoms with Crippen LogP contribution in [0.1, 0.15) is 75.9 Å². The van der Waals surface area contributed by atoms with Gasteiger partial charge >= 0.3 is 0 Å². The molecule has 112 valence electrons. The minimum absolute atomic E-state index is 0.337. The standard InChI is InChI=1S/C17H29N3/c18-14-17(10-5-2-6-11-17)13-15-9-12-20(19-15)16-7-3-1-4-8-16/h9,12,16H,1-8,10-11,13-14,18H2. The fraction of sp³-hybridized carbons (Fsp3) is 0.824. The van der Waals surface area contributed by atoms with Crippen LogP contribution in [-0.2, 0) is 6.42 Å². The van der Waals surface area contributed by atoms with E-state index < -0.39 is 0 Å². The Bertz CT molecular complexity index is 412. The van der Waals surface area contributed by atoms with Crippen molar-refractivity contribution in [3.05, 3.63) is 18.0 Å². The maximum absolute atomic E-state index is 6.10. The van der Waals surface area contributed by atoms with E-state index >= 15 is 0 Å². The third-order valence-corrected chi connectivity index (χ3v) is 5.52. The van der Waals surface area contributed by atoms with Crippen molar-refractivity contribution in [1.29, 1.82) is 0 Å². The Morgan fingerprint density at radius 3 is 2.50 bits per heavy atom. The molecule has 20 heavy (non-hydrogen) atoms. The molecule has 1 heterocycles. The van der Waals surface area contributed by atoms with Crippen molar-refractivity contribution >= 4 is 0 Å². The van der Waals surface area contributed by atoms with Crippen molar-refractivity contribution in [3.63, 3.8) is 0 Å². The molecule has 0 unspecified atom stereocenters. The lowest BCUT2D eigenvalue weighted by molar-refractivity contribution is 0.194. The highest BCUT2D eigenvalue weighted by molar-refractivity contribution is 5.05. The molecule has 2 aliphatic rings. The third-order valence-electron chi connectivity index (χ3n) is 5.52. The van der Waals surface area contributed by atoms with E-state index in [1.807, 2.05) is 0 Å². The van der Waals surface area contributed by atoms with E-state index in [4.69, 9.17) is 10.8 Å². The Morgan fingerprint density at radius 1 is 1.10 bits per heavy atom. The van der Waals surface area contributed by atoms with Crippen molar-refractivity contribution in [2.45, 2.75) is 76.7 Å². The van der Waals surface area contributed by atoms with Crippen LogP contribution in [0.3, 0.4) is 0 Å². The molecule has 3 heteroatoms. The average Bonchev–Trinajstić information content (AvgIpc) is 2.97. The Labute approximate surface area is 122 Å². The summed E-state index contributed by atoms with van der Waals surface area (Å²) in [6.07, 6.45) is 16.7. The summed E-state index contributed by atoms with van der Waals surface area (Å²) in [7, 11) is 0. The van der Waals surface area contributed by atoms with E-state index in [1.54, 1.807) is 0 Å². The fourth-order valence-corrected chi connectivity index (χ4v) is 4.16. The van der Waals surface area contributed by atoms with E-state index in [0.717, 1.165) is 13.0 Å². The van der Waals surface area contributed by atoms with Gasteiger partial charge in [0.1, 0.15) is 0 Å². The van der Waals surface area contributed by atoms with Crippen molar-refractivity contribution in [2.75, 3.05) is 6.54 Å². The zero-order valence-corrected chi connectivity index (χ0v) is 12.7. The van der Waals surface area contributed by atoms with E-state index in [0.29, 0.717) is 11.5 Å². The quantitative estimate of drug-likeness (QED) is 0.907. The van der Waals surface area contributed by atoms with Gasteiger partial charge < -0.3 is 5.73 Å². The van der Waals surface area contributed by atoms with E-state index in [1.165, 1.54) is 69.9 Å². The number of aromatic nitrogens is 2. The molecule has 0 saturated heterocycles. The first-order chi connectivity index (χ1) is 9.81. The molecule has 3 nitrogen and oxygen atoms in total. The summed E-state index contributed by atoms with van der Waals surface area (Å²) in [5.74, 6) is 0. The van der Waals surface area contributed by atoms with Crippen LogP contribution < -0.4 is 5.73 Å². The molecule has 0 spiro atoms. The highest BCUT2D eigenvalue weighted by Crippen LogP contribution is 2.38. The third kappa shape index (κ3) is 3.08. The second kappa shape index (κ2) is 6.30. The molecule has 2 saturated carbocycles. The summed E-state index contributed by atoms with van der Waals surface area (Å²) in [4.78, 5) is 0. The molecular weight excluding hydrogens is 246 g/mol. The van der Waals surface area contributed by atoms with Crippen LogP contribution in [0.5, 0.6) is 0 Å². The highest BCUT2D eigenvalue weighted by Gasteiger charge is 2.31. The van der Waals surface area contributed by atoms with Gasteiger partial charge in [-0.2, -0.15) is 5.10 Å². The molecule has 1 aromatic rings. The van der Waals surface area contributed by atoms with Gasteiger partial charge in [0.15, 0.2) is 0 Å². The molecule has 0 atom stereocenters. The Balaban J connectivity index is 1.66. The monoisotopic (exact) mass is 275 g/mol. The van der Waals surface area contributed by atoms with Gasteiger partial charge in [-0.05, 0) is 50.1 Å². The molecule has 2 fully saturated rings. The van der Waals surface area contributed by atoms with Crippen molar-refractivity contribution in [2.24, 2.45) is 11.1 Å². The molecule has 0 radical (unpaired) electrons. The van der Waals surface area contributed by atoms with Crippen LogP contribution in [0.25, 0.3) is 0 Å². The van der Waals surface area contributed by atoms with Gasteiger partial charge in [0.25, 0.3) is 0 Å². The van der Waals surface area contributed by atoms with Crippen LogP contribution >= 0.6 is 0 Å². The topological polar surface area (TPSA) is 43.8 Å². The summed E-state index contributed by atoms with van der Waals surface area (Å²) in [5.41, 5.74) is 7.71. The van der Waals surface area contributed by atoms with E-state index in [2.05, 4.69) is 16.9 Å². The number of hydrogen-bond acceptors (Lipinski definition) is 2. The van der Waals surface area contributed by atoms with Gasteiger partial charge in [-0.1, -0.05) is 38.5 Å². The first-order valence-corrected chi connectivity index (χ1v) is 8.55. The summed E-state index contributed by atoms with van der Waals surface area (Å²) in [6.45, 7) is 0.823. The number of rotatable bonds is 4. The van der Waals surface area contributed by atoms with Gasteiger partial charge in [-0.15, -0.1) is 0 Å². The second-order valence-corrected chi connectivity index (χ2v) is 7.02. The lowest BCUT2D eigenvalue weighted by Crippen LogP contribution is -2.35. The zero-order chi connectivity index (χ0) is 13.8. The average molecular weight is 275 g/mol. The summed E-state index contributed by atoms with van der Waals surface area (Å²) < 4.78 is 2.24. The Hall–Kier alpha value is -0.830. The minimum Gasteiger partial charge on any atom is -0.330 e. The number of hydrogen-bond donors (Lipinski definition) is 1. The van der Waals surface area contributed by atoms with Crippen molar-refractivity contribution in [3.8, 4) is 0 Å². The highest BCUT2D eigenvalue weighted by atomic mass is 15.3. The zero-order valence-electron chi connectivity index (χ0n) is 12.7. The van der Waals surface area contributed by atoms with E-state index in [-0.39, 0.29) is 0 Å². The fourth-order valence-electron chi connectivity index (χ4n) is 4.16. The van der Waals surface area contributed by atoms with E-state index in [9.17, 15) is 0 Å². The van der Waals surface area contributed by atoms with Crippen LogP contribution in [0.2, 0.25) is 0 Å². The van der Waals surface area contributed by atoms with Gasteiger partial charge in [0.2, 0.25) is 0 Å². The van der Waals surface area contributed by atoms with Crippen molar-refractivity contribution < 1.29 is 0 Å². The largest absolute Gasteiger partial charge is 0.330 e. The number of nitrogens with two attached hydrogens (primary N) is 1. The Kier molecular flexibility index (Phi) is 4.45. The van der Waals surface area contributed by atoms with Crippen molar-refractivity contribution in [1.82, 2.24) is 9.78 Å². The van der Waals surface area contributed by atoms with Gasteiger partial charge in [0, 0.05) is 6.20 Å². The summed E-state index contributed by atoms with van der Waals surface area (Å²) in [5, 5.41) is 4.88. The lowest BCUT2D eigenvalue weighted by atomic mass is 9.71. The van der Waals surface area contributed by atoms with Crippen LogP contribution in [0.15, 0.2) is 12.3 Å². The lowest BCUT2D eigenvalue weighted by Gasteiger charge is -2.35. The molecule has 0 aliphatic heterocycles. The second-order valence-electron chi connectivity index (χ2n) is 7.02. The normalized spacial score (nSPS) is 23.9. The SMILES string of the molecule is NCC1(Cc2ccn(C3CCCCC3)n2)CCCCC1. The smallest absolute Gasteiger partial charge is 0.0630 e.